The molecule has 0 aliphatic carbocycles. The number of carboxylic acid groups (broad SMARTS) is 1. The molecule has 0 atom stereocenters. The first-order chi connectivity index (χ1) is 10.1. The minimum absolute atomic E-state index is 0.112. The number of amides is 1. The number of aryl methyl sites for hydroxylation is 1. The first kappa shape index (κ1) is 14.8. The van der Waals surface area contributed by atoms with Crippen LogP contribution in [0.1, 0.15) is 31.8 Å². The van der Waals surface area contributed by atoms with E-state index in [1.807, 2.05) is 25.1 Å². The SMILES string of the molecule is Cc1cccc(CCNC(=O)c2cccc(C(=O)O)c2)c1. The molecule has 21 heavy (non-hydrogen) atoms. The zero-order valence-corrected chi connectivity index (χ0v) is 11.8. The Morgan fingerprint density at radius 1 is 1.05 bits per heavy atom. The molecule has 4 heteroatoms. The molecule has 0 spiro atoms. The van der Waals surface area contributed by atoms with Crippen molar-refractivity contribution in [3.05, 3.63) is 70.8 Å². The number of hydrogen-bond acceptors (Lipinski definition) is 2. The van der Waals surface area contributed by atoms with E-state index in [0.717, 1.165) is 12.0 Å². The van der Waals surface area contributed by atoms with Crippen LogP contribution in [0.2, 0.25) is 0 Å². The van der Waals surface area contributed by atoms with Gasteiger partial charge in [-0.1, -0.05) is 35.9 Å². The summed E-state index contributed by atoms with van der Waals surface area (Å²) in [6, 6.07) is 14.1. The van der Waals surface area contributed by atoms with E-state index < -0.39 is 5.97 Å². The average Bonchev–Trinajstić information content (AvgIpc) is 2.47. The van der Waals surface area contributed by atoms with Crippen LogP contribution in [0.15, 0.2) is 48.5 Å². The van der Waals surface area contributed by atoms with Gasteiger partial charge in [-0.15, -0.1) is 0 Å². The number of carbonyl (C=O) groups is 2. The molecule has 2 rings (SSSR count). The topological polar surface area (TPSA) is 66.4 Å². The second kappa shape index (κ2) is 6.70. The number of carbonyl (C=O) groups excluding carboxylic acids is 1. The third kappa shape index (κ3) is 4.18. The van der Waals surface area contributed by atoms with E-state index in [1.54, 1.807) is 12.1 Å². The first-order valence-corrected chi connectivity index (χ1v) is 6.73. The van der Waals surface area contributed by atoms with E-state index in [1.165, 1.54) is 17.7 Å². The lowest BCUT2D eigenvalue weighted by Gasteiger charge is -2.06. The van der Waals surface area contributed by atoms with Gasteiger partial charge in [-0.2, -0.15) is 0 Å². The van der Waals surface area contributed by atoms with Crippen LogP contribution in [0.3, 0.4) is 0 Å². The lowest BCUT2D eigenvalue weighted by atomic mass is 10.1. The van der Waals surface area contributed by atoms with Crippen molar-refractivity contribution >= 4 is 11.9 Å². The van der Waals surface area contributed by atoms with Crippen LogP contribution in [0.25, 0.3) is 0 Å². The van der Waals surface area contributed by atoms with Crippen molar-refractivity contribution < 1.29 is 14.7 Å². The summed E-state index contributed by atoms with van der Waals surface area (Å²) in [5.41, 5.74) is 2.82. The summed E-state index contributed by atoms with van der Waals surface area (Å²) in [6.45, 7) is 2.54. The third-order valence-electron chi connectivity index (χ3n) is 3.15. The highest BCUT2D eigenvalue weighted by Gasteiger charge is 2.08. The van der Waals surface area contributed by atoms with Crippen LogP contribution in [-0.2, 0) is 6.42 Å². The molecule has 1 amide bonds. The number of nitrogens with one attached hydrogen (secondary N) is 1. The van der Waals surface area contributed by atoms with E-state index in [9.17, 15) is 9.59 Å². The van der Waals surface area contributed by atoms with E-state index in [4.69, 9.17) is 5.11 Å². The molecule has 2 aromatic rings. The van der Waals surface area contributed by atoms with Gasteiger partial charge in [0.2, 0.25) is 0 Å². The van der Waals surface area contributed by atoms with E-state index >= 15 is 0 Å². The smallest absolute Gasteiger partial charge is 0.335 e. The summed E-state index contributed by atoms with van der Waals surface area (Å²) in [7, 11) is 0. The number of hydrogen-bond donors (Lipinski definition) is 2. The Hall–Kier alpha value is -2.62. The minimum atomic E-state index is -1.04. The largest absolute Gasteiger partial charge is 0.478 e. The standard InChI is InChI=1S/C17H17NO3/c1-12-4-2-5-13(10-12)8-9-18-16(19)14-6-3-7-15(11-14)17(20)21/h2-7,10-11H,8-9H2,1H3,(H,18,19)(H,20,21). The minimum Gasteiger partial charge on any atom is -0.478 e. The highest BCUT2D eigenvalue weighted by Crippen LogP contribution is 2.06. The van der Waals surface area contributed by atoms with E-state index in [0.29, 0.717) is 12.1 Å². The van der Waals surface area contributed by atoms with Crippen molar-refractivity contribution in [2.24, 2.45) is 0 Å². The van der Waals surface area contributed by atoms with Gasteiger partial charge in [-0.25, -0.2) is 4.79 Å². The van der Waals surface area contributed by atoms with Gasteiger partial charge in [0.25, 0.3) is 5.91 Å². The van der Waals surface area contributed by atoms with Crippen molar-refractivity contribution in [3.63, 3.8) is 0 Å². The van der Waals surface area contributed by atoms with Crippen molar-refractivity contribution in [3.8, 4) is 0 Å². The molecule has 2 aromatic carbocycles. The summed E-state index contributed by atoms with van der Waals surface area (Å²) in [4.78, 5) is 22.8. The van der Waals surface area contributed by atoms with Crippen molar-refractivity contribution in [2.75, 3.05) is 6.54 Å². The molecule has 0 fully saturated rings. The summed E-state index contributed by atoms with van der Waals surface area (Å²) >= 11 is 0. The number of carboxylic acids is 1. The first-order valence-electron chi connectivity index (χ1n) is 6.73. The molecule has 0 saturated carbocycles. The molecule has 2 N–H and O–H groups in total. The van der Waals surface area contributed by atoms with Gasteiger partial charge in [0, 0.05) is 12.1 Å². The highest BCUT2D eigenvalue weighted by molar-refractivity contribution is 5.97. The van der Waals surface area contributed by atoms with Gasteiger partial charge < -0.3 is 10.4 Å². The number of rotatable bonds is 5. The van der Waals surface area contributed by atoms with Crippen molar-refractivity contribution in [1.82, 2.24) is 5.32 Å². The molecule has 0 aliphatic heterocycles. The van der Waals surface area contributed by atoms with Gasteiger partial charge in [0.05, 0.1) is 5.56 Å². The summed E-state index contributed by atoms with van der Waals surface area (Å²) in [6.07, 6.45) is 0.742. The van der Waals surface area contributed by atoms with Crippen molar-refractivity contribution in [1.29, 1.82) is 0 Å². The molecule has 4 nitrogen and oxygen atoms in total. The van der Waals surface area contributed by atoms with Gasteiger partial charge in [0.15, 0.2) is 0 Å². The quantitative estimate of drug-likeness (QED) is 0.886. The molecule has 0 radical (unpaired) electrons. The fraction of sp³-hybridized carbons (Fsp3) is 0.176. The van der Waals surface area contributed by atoms with Crippen LogP contribution in [0, 0.1) is 6.92 Å². The maximum Gasteiger partial charge on any atom is 0.335 e. The summed E-state index contributed by atoms with van der Waals surface area (Å²) < 4.78 is 0. The maximum absolute atomic E-state index is 12.0. The molecular weight excluding hydrogens is 266 g/mol. The maximum atomic E-state index is 12.0. The van der Waals surface area contributed by atoms with Gasteiger partial charge in [0.1, 0.15) is 0 Å². The normalized spacial score (nSPS) is 10.1. The number of benzene rings is 2. The predicted molar refractivity (Wildman–Crippen MR) is 80.6 cm³/mol. The Morgan fingerprint density at radius 3 is 2.48 bits per heavy atom. The fourth-order valence-electron chi connectivity index (χ4n) is 2.08. The molecule has 0 heterocycles. The molecule has 0 aromatic heterocycles. The van der Waals surface area contributed by atoms with Gasteiger partial charge >= 0.3 is 5.97 Å². The second-order valence-corrected chi connectivity index (χ2v) is 4.88. The molecule has 0 aliphatic rings. The summed E-state index contributed by atoms with van der Waals surface area (Å²) in [5, 5.41) is 11.7. The Balaban J connectivity index is 1.93. The molecular formula is C17H17NO3. The van der Waals surface area contributed by atoms with Crippen LogP contribution < -0.4 is 5.32 Å². The molecule has 108 valence electrons. The highest BCUT2D eigenvalue weighted by atomic mass is 16.4. The van der Waals surface area contributed by atoms with Crippen LogP contribution >= 0.6 is 0 Å². The number of aromatic carboxylic acids is 1. The lowest BCUT2D eigenvalue weighted by molar-refractivity contribution is 0.0697. The van der Waals surface area contributed by atoms with Crippen LogP contribution in [0.5, 0.6) is 0 Å². The Kier molecular flexibility index (Phi) is 4.72. The second-order valence-electron chi connectivity index (χ2n) is 4.88. The Labute approximate surface area is 123 Å². The lowest BCUT2D eigenvalue weighted by Crippen LogP contribution is -2.25. The van der Waals surface area contributed by atoms with Gasteiger partial charge in [-0.3, -0.25) is 4.79 Å². The zero-order chi connectivity index (χ0) is 15.2. The van der Waals surface area contributed by atoms with Crippen LogP contribution in [0.4, 0.5) is 0 Å². The molecule has 0 saturated heterocycles. The average molecular weight is 283 g/mol. The fourth-order valence-corrected chi connectivity index (χ4v) is 2.08. The summed E-state index contributed by atoms with van der Waals surface area (Å²) in [5.74, 6) is -1.30. The Bertz CT molecular complexity index is 665. The van der Waals surface area contributed by atoms with E-state index in [-0.39, 0.29) is 11.5 Å². The van der Waals surface area contributed by atoms with Crippen LogP contribution in [-0.4, -0.2) is 23.5 Å². The van der Waals surface area contributed by atoms with E-state index in [2.05, 4.69) is 11.4 Å². The monoisotopic (exact) mass is 283 g/mol. The van der Waals surface area contributed by atoms with Gasteiger partial charge in [-0.05, 0) is 37.1 Å². The predicted octanol–water partition coefficient (Wildman–Crippen LogP) is 2.67. The third-order valence-corrected chi connectivity index (χ3v) is 3.15. The van der Waals surface area contributed by atoms with Crippen molar-refractivity contribution in [2.45, 2.75) is 13.3 Å². The molecule has 0 bridgehead atoms. The molecule has 0 unspecified atom stereocenters. The Morgan fingerprint density at radius 2 is 1.76 bits per heavy atom. The zero-order valence-electron chi connectivity index (χ0n) is 11.8.